The minimum Gasteiger partial charge on any atom is -0.279 e. The van der Waals surface area contributed by atoms with Gasteiger partial charge in [0, 0.05) is 14.9 Å². The second-order valence-electron chi connectivity index (χ2n) is 4.57. The summed E-state index contributed by atoms with van der Waals surface area (Å²) in [6.07, 6.45) is 1.51. The van der Waals surface area contributed by atoms with E-state index in [-0.39, 0.29) is 0 Å². The number of thioether (sulfide) groups is 1. The van der Waals surface area contributed by atoms with Crippen LogP contribution in [0.5, 0.6) is 0 Å². The molecule has 0 saturated heterocycles. The highest BCUT2D eigenvalue weighted by Gasteiger charge is 2.10. The number of hydrogen-bond acceptors (Lipinski definition) is 3. The summed E-state index contributed by atoms with van der Waals surface area (Å²) in [5.74, 6) is 0.830. The predicted octanol–water partition coefficient (Wildman–Crippen LogP) is 5.52. The molecule has 122 valence electrons. The van der Waals surface area contributed by atoms with E-state index in [0.29, 0.717) is 15.7 Å². The summed E-state index contributed by atoms with van der Waals surface area (Å²) in [5, 5.41) is 2.20. The van der Waals surface area contributed by atoms with Crippen LogP contribution in [-0.2, 0) is 10.0 Å². The van der Waals surface area contributed by atoms with Crippen molar-refractivity contribution >= 4 is 56.8 Å². The first-order chi connectivity index (χ1) is 10.9. The Kier molecular flexibility index (Phi) is 6.41. The molecule has 2 aromatic rings. The average Bonchev–Trinajstić information content (AvgIpc) is 2.49. The zero-order chi connectivity index (χ0) is 16.9. The number of anilines is 1. The van der Waals surface area contributed by atoms with Gasteiger partial charge in [0.1, 0.15) is 0 Å². The lowest BCUT2D eigenvalue weighted by Gasteiger charge is -2.10. The fourth-order valence-electron chi connectivity index (χ4n) is 1.79. The second-order valence-corrected chi connectivity index (χ2v) is 8.32. The summed E-state index contributed by atoms with van der Waals surface area (Å²) < 4.78 is 27.0. The molecule has 0 fully saturated rings. The van der Waals surface area contributed by atoms with Gasteiger partial charge < -0.3 is 0 Å². The molecule has 2 rings (SSSR count). The van der Waals surface area contributed by atoms with Crippen LogP contribution in [0.4, 0.5) is 5.69 Å². The first-order valence-electron chi connectivity index (χ1n) is 6.78. The highest BCUT2D eigenvalue weighted by Crippen LogP contribution is 2.30. The standard InChI is InChI=1S/C16H15Cl2NO2S2/c1-2-22-16-8-7-14(18)11-15(16)19-23(20,21)10-9-12-3-5-13(17)6-4-12/h3-11,19H,2H2,1H3. The number of hydrogen-bond donors (Lipinski definition) is 1. The van der Waals surface area contributed by atoms with E-state index in [0.717, 1.165) is 21.6 Å². The number of sulfonamides is 1. The van der Waals surface area contributed by atoms with E-state index in [1.165, 1.54) is 6.08 Å². The minimum absolute atomic E-state index is 0.477. The van der Waals surface area contributed by atoms with E-state index in [4.69, 9.17) is 23.2 Å². The van der Waals surface area contributed by atoms with Gasteiger partial charge in [0.25, 0.3) is 10.0 Å². The smallest absolute Gasteiger partial charge is 0.255 e. The number of nitrogens with one attached hydrogen (secondary N) is 1. The Morgan fingerprint density at radius 2 is 1.74 bits per heavy atom. The van der Waals surface area contributed by atoms with E-state index >= 15 is 0 Å². The van der Waals surface area contributed by atoms with Gasteiger partial charge in [-0.25, -0.2) is 8.42 Å². The van der Waals surface area contributed by atoms with Crippen LogP contribution in [0.3, 0.4) is 0 Å². The fourth-order valence-corrected chi connectivity index (χ4v) is 3.78. The van der Waals surface area contributed by atoms with Gasteiger partial charge in [-0.15, -0.1) is 11.8 Å². The van der Waals surface area contributed by atoms with Crippen LogP contribution in [0, 0.1) is 0 Å². The van der Waals surface area contributed by atoms with Gasteiger partial charge in [-0.2, -0.15) is 0 Å². The third-order valence-electron chi connectivity index (χ3n) is 2.80. The Morgan fingerprint density at radius 3 is 2.39 bits per heavy atom. The summed E-state index contributed by atoms with van der Waals surface area (Å²) in [5.41, 5.74) is 1.22. The zero-order valence-corrected chi connectivity index (χ0v) is 15.4. The van der Waals surface area contributed by atoms with Gasteiger partial charge in [0.2, 0.25) is 0 Å². The maximum atomic E-state index is 12.2. The molecule has 0 aromatic heterocycles. The highest BCUT2D eigenvalue weighted by molar-refractivity contribution is 7.99. The third kappa shape index (κ3) is 5.77. The van der Waals surface area contributed by atoms with Gasteiger partial charge >= 0.3 is 0 Å². The van der Waals surface area contributed by atoms with Crippen LogP contribution in [0.25, 0.3) is 6.08 Å². The van der Waals surface area contributed by atoms with Crippen LogP contribution >= 0.6 is 35.0 Å². The quantitative estimate of drug-likeness (QED) is 0.663. The highest BCUT2D eigenvalue weighted by atomic mass is 35.5. The zero-order valence-electron chi connectivity index (χ0n) is 12.3. The Labute approximate surface area is 150 Å². The van der Waals surface area contributed by atoms with Crippen molar-refractivity contribution in [2.24, 2.45) is 0 Å². The van der Waals surface area contributed by atoms with Crippen molar-refractivity contribution in [2.45, 2.75) is 11.8 Å². The Morgan fingerprint density at radius 1 is 1.09 bits per heavy atom. The summed E-state index contributed by atoms with van der Waals surface area (Å²) in [4.78, 5) is 0.834. The average molecular weight is 388 g/mol. The number of halogens is 2. The molecular weight excluding hydrogens is 373 g/mol. The van der Waals surface area contributed by atoms with Crippen LogP contribution in [0.1, 0.15) is 12.5 Å². The van der Waals surface area contributed by atoms with Crippen molar-refractivity contribution in [2.75, 3.05) is 10.5 Å². The molecule has 1 N–H and O–H groups in total. The molecule has 23 heavy (non-hydrogen) atoms. The minimum atomic E-state index is -3.64. The number of rotatable bonds is 6. The first kappa shape index (κ1) is 18.2. The van der Waals surface area contributed by atoms with Crippen molar-refractivity contribution in [3.63, 3.8) is 0 Å². The normalized spacial score (nSPS) is 11.8. The van der Waals surface area contributed by atoms with Gasteiger partial charge in [0.15, 0.2) is 0 Å². The maximum Gasteiger partial charge on any atom is 0.255 e. The maximum absolute atomic E-state index is 12.2. The fraction of sp³-hybridized carbons (Fsp3) is 0.125. The molecule has 0 heterocycles. The van der Waals surface area contributed by atoms with Gasteiger partial charge in [-0.05, 0) is 47.7 Å². The van der Waals surface area contributed by atoms with Crippen molar-refractivity contribution < 1.29 is 8.42 Å². The van der Waals surface area contributed by atoms with Gasteiger partial charge in [0.05, 0.1) is 11.1 Å². The molecule has 0 radical (unpaired) electrons. The van der Waals surface area contributed by atoms with Crippen molar-refractivity contribution in [1.82, 2.24) is 0 Å². The molecule has 0 aliphatic heterocycles. The van der Waals surface area contributed by atoms with E-state index < -0.39 is 10.0 Å². The largest absolute Gasteiger partial charge is 0.279 e. The van der Waals surface area contributed by atoms with Crippen molar-refractivity contribution in [1.29, 1.82) is 0 Å². The molecule has 2 aromatic carbocycles. The third-order valence-corrected chi connectivity index (χ3v) is 5.24. The van der Waals surface area contributed by atoms with Crippen molar-refractivity contribution in [3.05, 3.63) is 63.5 Å². The molecule has 0 saturated carbocycles. The van der Waals surface area contributed by atoms with E-state index in [9.17, 15) is 8.42 Å². The van der Waals surface area contributed by atoms with E-state index in [2.05, 4.69) is 4.72 Å². The predicted molar refractivity (Wildman–Crippen MR) is 101 cm³/mol. The van der Waals surface area contributed by atoms with Crippen LogP contribution < -0.4 is 4.72 Å². The summed E-state index contributed by atoms with van der Waals surface area (Å²) >= 11 is 13.3. The van der Waals surface area contributed by atoms with Crippen LogP contribution in [-0.4, -0.2) is 14.2 Å². The Hall–Kier alpha value is -1.14. The summed E-state index contributed by atoms with van der Waals surface area (Å²) in [6, 6.07) is 12.0. The molecular formula is C16H15Cl2NO2S2. The topological polar surface area (TPSA) is 46.2 Å². The molecule has 0 atom stereocenters. The van der Waals surface area contributed by atoms with E-state index in [1.807, 2.05) is 6.92 Å². The second kappa shape index (κ2) is 8.11. The monoisotopic (exact) mass is 387 g/mol. The van der Waals surface area contributed by atoms with Crippen LogP contribution in [0.15, 0.2) is 52.8 Å². The Balaban J connectivity index is 2.21. The SMILES string of the molecule is CCSc1ccc(Cl)cc1NS(=O)(=O)C=Cc1ccc(Cl)cc1. The number of benzene rings is 2. The molecule has 0 aliphatic carbocycles. The molecule has 0 aliphatic rings. The lowest BCUT2D eigenvalue weighted by atomic mass is 10.2. The van der Waals surface area contributed by atoms with Gasteiger partial charge in [-0.3, -0.25) is 4.72 Å². The first-order valence-corrected chi connectivity index (χ1v) is 10.1. The summed E-state index contributed by atoms with van der Waals surface area (Å²) in [7, 11) is -3.64. The lowest BCUT2D eigenvalue weighted by molar-refractivity contribution is 0.609. The van der Waals surface area contributed by atoms with Gasteiger partial charge in [-0.1, -0.05) is 42.3 Å². The molecule has 3 nitrogen and oxygen atoms in total. The molecule has 0 bridgehead atoms. The molecule has 0 unspecified atom stereocenters. The Bertz CT molecular complexity index is 803. The lowest BCUT2D eigenvalue weighted by Crippen LogP contribution is -2.09. The van der Waals surface area contributed by atoms with Crippen molar-refractivity contribution in [3.8, 4) is 0 Å². The van der Waals surface area contributed by atoms with Crippen LogP contribution in [0.2, 0.25) is 10.0 Å². The molecule has 7 heteroatoms. The summed E-state index contributed by atoms with van der Waals surface area (Å²) in [6.45, 7) is 2.00. The van der Waals surface area contributed by atoms with E-state index in [1.54, 1.807) is 54.2 Å². The molecule has 0 spiro atoms. The molecule has 0 amide bonds.